The summed E-state index contributed by atoms with van der Waals surface area (Å²) in [4.78, 5) is 6.78. The first-order valence-corrected chi connectivity index (χ1v) is 8.03. The molecule has 2 heterocycles. The standard InChI is InChI=1S/C17H23N3O3/c1-13-4-3-9-20(10-13)11-17-18-16(19-23-17)12-22-15-7-5-14(21-2)6-8-15/h5-8,13H,3-4,9-12H2,1-2H3/t13-/m1/s1. The van der Waals surface area contributed by atoms with Gasteiger partial charge in [0.15, 0.2) is 6.61 Å². The van der Waals surface area contributed by atoms with Crippen LogP contribution in [0.1, 0.15) is 31.5 Å². The number of hydrogen-bond acceptors (Lipinski definition) is 6. The van der Waals surface area contributed by atoms with Crippen molar-refractivity contribution in [2.75, 3.05) is 20.2 Å². The van der Waals surface area contributed by atoms with E-state index in [1.54, 1.807) is 7.11 Å². The third-order valence-electron chi connectivity index (χ3n) is 4.04. The predicted octanol–water partition coefficient (Wildman–Crippen LogP) is 2.89. The van der Waals surface area contributed by atoms with Gasteiger partial charge in [0.05, 0.1) is 13.7 Å². The molecule has 0 amide bonds. The Morgan fingerprint density at radius 3 is 2.78 bits per heavy atom. The molecule has 1 atom stereocenters. The lowest BCUT2D eigenvalue weighted by atomic mass is 10.0. The van der Waals surface area contributed by atoms with Gasteiger partial charge in [-0.3, -0.25) is 4.90 Å². The third-order valence-corrected chi connectivity index (χ3v) is 4.04. The van der Waals surface area contributed by atoms with Crippen LogP contribution in [0.4, 0.5) is 0 Å². The minimum atomic E-state index is 0.298. The molecule has 0 bridgehead atoms. The number of methoxy groups -OCH3 is 1. The zero-order valence-electron chi connectivity index (χ0n) is 13.7. The minimum Gasteiger partial charge on any atom is -0.497 e. The summed E-state index contributed by atoms with van der Waals surface area (Å²) in [5.74, 6) is 3.52. The highest BCUT2D eigenvalue weighted by atomic mass is 16.5. The zero-order chi connectivity index (χ0) is 16.1. The highest BCUT2D eigenvalue weighted by Crippen LogP contribution is 2.19. The summed E-state index contributed by atoms with van der Waals surface area (Å²) in [7, 11) is 1.64. The topological polar surface area (TPSA) is 60.6 Å². The molecule has 0 saturated carbocycles. The van der Waals surface area contributed by atoms with Crippen molar-refractivity contribution in [1.82, 2.24) is 15.0 Å². The van der Waals surface area contributed by atoms with Crippen LogP contribution in [-0.4, -0.2) is 35.2 Å². The van der Waals surface area contributed by atoms with Crippen molar-refractivity contribution in [2.24, 2.45) is 5.92 Å². The normalized spacial score (nSPS) is 18.8. The van der Waals surface area contributed by atoms with Gasteiger partial charge in [-0.2, -0.15) is 4.98 Å². The maximum absolute atomic E-state index is 5.66. The highest BCUT2D eigenvalue weighted by molar-refractivity contribution is 5.31. The number of piperidine rings is 1. The number of ether oxygens (including phenoxy) is 2. The van der Waals surface area contributed by atoms with E-state index in [0.717, 1.165) is 37.1 Å². The fourth-order valence-electron chi connectivity index (χ4n) is 2.85. The van der Waals surface area contributed by atoms with E-state index in [9.17, 15) is 0 Å². The van der Waals surface area contributed by atoms with Crippen LogP contribution in [-0.2, 0) is 13.2 Å². The number of nitrogens with zero attached hydrogens (tertiary/aromatic N) is 3. The average Bonchev–Trinajstić information content (AvgIpc) is 3.01. The Labute approximate surface area is 136 Å². The van der Waals surface area contributed by atoms with E-state index in [2.05, 4.69) is 22.0 Å². The smallest absolute Gasteiger partial charge is 0.240 e. The van der Waals surface area contributed by atoms with Gasteiger partial charge in [-0.25, -0.2) is 0 Å². The van der Waals surface area contributed by atoms with Gasteiger partial charge in [-0.1, -0.05) is 12.1 Å². The Morgan fingerprint density at radius 1 is 1.26 bits per heavy atom. The number of benzene rings is 1. The van der Waals surface area contributed by atoms with Gasteiger partial charge in [0.25, 0.3) is 0 Å². The first kappa shape index (κ1) is 15.8. The molecule has 1 aromatic carbocycles. The van der Waals surface area contributed by atoms with Gasteiger partial charge in [-0.15, -0.1) is 0 Å². The van der Waals surface area contributed by atoms with E-state index < -0.39 is 0 Å². The number of hydrogen-bond donors (Lipinski definition) is 0. The third kappa shape index (κ3) is 4.45. The van der Waals surface area contributed by atoms with E-state index in [0.29, 0.717) is 18.3 Å². The van der Waals surface area contributed by atoms with E-state index in [-0.39, 0.29) is 0 Å². The SMILES string of the molecule is COc1ccc(OCc2noc(CN3CCC[C@@H](C)C3)n2)cc1. The minimum absolute atomic E-state index is 0.298. The molecule has 0 unspecified atom stereocenters. The van der Waals surface area contributed by atoms with Crippen molar-refractivity contribution >= 4 is 0 Å². The molecule has 1 aromatic heterocycles. The summed E-state index contributed by atoms with van der Waals surface area (Å²) in [5.41, 5.74) is 0. The molecular formula is C17H23N3O3. The fraction of sp³-hybridized carbons (Fsp3) is 0.529. The molecule has 1 aliphatic heterocycles. The summed E-state index contributed by atoms with van der Waals surface area (Å²) in [6.45, 7) is 5.50. The first-order valence-electron chi connectivity index (χ1n) is 8.03. The highest BCUT2D eigenvalue weighted by Gasteiger charge is 2.18. The fourth-order valence-corrected chi connectivity index (χ4v) is 2.85. The summed E-state index contributed by atoms with van der Waals surface area (Å²) in [6.07, 6.45) is 2.55. The quantitative estimate of drug-likeness (QED) is 0.816. The van der Waals surface area contributed by atoms with E-state index >= 15 is 0 Å². The average molecular weight is 317 g/mol. The second kappa shape index (κ2) is 7.46. The number of likely N-dealkylation sites (tertiary alicyclic amines) is 1. The monoisotopic (exact) mass is 317 g/mol. The molecule has 0 N–H and O–H groups in total. The van der Waals surface area contributed by atoms with Crippen molar-refractivity contribution in [1.29, 1.82) is 0 Å². The second-order valence-corrected chi connectivity index (χ2v) is 6.05. The van der Waals surface area contributed by atoms with Crippen LogP contribution in [0.3, 0.4) is 0 Å². The van der Waals surface area contributed by atoms with Gasteiger partial charge >= 0.3 is 0 Å². The lowest BCUT2D eigenvalue weighted by Crippen LogP contribution is -2.33. The molecule has 0 radical (unpaired) electrons. The van der Waals surface area contributed by atoms with Crippen molar-refractivity contribution < 1.29 is 14.0 Å². The summed E-state index contributed by atoms with van der Waals surface area (Å²) < 4.78 is 16.1. The van der Waals surface area contributed by atoms with Crippen LogP contribution in [0.15, 0.2) is 28.8 Å². The van der Waals surface area contributed by atoms with Crippen LogP contribution in [0, 0.1) is 5.92 Å². The number of rotatable bonds is 6. The molecule has 3 rings (SSSR count). The maximum atomic E-state index is 5.66. The lowest BCUT2D eigenvalue weighted by molar-refractivity contribution is 0.157. The van der Waals surface area contributed by atoms with Gasteiger partial charge in [0.1, 0.15) is 11.5 Å². The van der Waals surface area contributed by atoms with E-state index in [1.807, 2.05) is 24.3 Å². The van der Waals surface area contributed by atoms with Gasteiger partial charge in [0, 0.05) is 6.54 Å². The van der Waals surface area contributed by atoms with Crippen LogP contribution in [0.25, 0.3) is 0 Å². The number of aromatic nitrogens is 2. The summed E-state index contributed by atoms with van der Waals surface area (Å²) >= 11 is 0. The predicted molar refractivity (Wildman–Crippen MR) is 85.3 cm³/mol. The van der Waals surface area contributed by atoms with Gasteiger partial charge in [-0.05, 0) is 49.6 Å². The van der Waals surface area contributed by atoms with Gasteiger partial charge < -0.3 is 14.0 Å². The molecule has 0 spiro atoms. The molecule has 23 heavy (non-hydrogen) atoms. The van der Waals surface area contributed by atoms with Crippen molar-refractivity contribution in [2.45, 2.75) is 32.9 Å². The van der Waals surface area contributed by atoms with Crippen LogP contribution >= 0.6 is 0 Å². The van der Waals surface area contributed by atoms with E-state index in [4.69, 9.17) is 14.0 Å². The Bertz CT molecular complexity index is 612. The maximum Gasteiger partial charge on any atom is 0.240 e. The van der Waals surface area contributed by atoms with Gasteiger partial charge in [0.2, 0.25) is 11.7 Å². The molecule has 2 aromatic rings. The van der Waals surface area contributed by atoms with Crippen LogP contribution in [0.5, 0.6) is 11.5 Å². The molecule has 1 aliphatic rings. The molecule has 1 saturated heterocycles. The van der Waals surface area contributed by atoms with Crippen LogP contribution < -0.4 is 9.47 Å². The van der Waals surface area contributed by atoms with Crippen molar-refractivity contribution in [3.63, 3.8) is 0 Å². The van der Waals surface area contributed by atoms with Crippen molar-refractivity contribution in [3.8, 4) is 11.5 Å². The summed E-state index contributed by atoms with van der Waals surface area (Å²) in [5, 5.41) is 3.99. The molecule has 124 valence electrons. The lowest BCUT2D eigenvalue weighted by Gasteiger charge is -2.29. The molecular weight excluding hydrogens is 294 g/mol. The largest absolute Gasteiger partial charge is 0.497 e. The molecule has 6 heteroatoms. The Morgan fingerprint density at radius 2 is 2.04 bits per heavy atom. The second-order valence-electron chi connectivity index (χ2n) is 6.05. The van der Waals surface area contributed by atoms with Crippen molar-refractivity contribution in [3.05, 3.63) is 36.0 Å². The first-order chi connectivity index (χ1) is 11.2. The van der Waals surface area contributed by atoms with Crippen LogP contribution in [0.2, 0.25) is 0 Å². The molecule has 1 fully saturated rings. The summed E-state index contributed by atoms with van der Waals surface area (Å²) in [6, 6.07) is 7.42. The Kier molecular flexibility index (Phi) is 5.12. The zero-order valence-corrected chi connectivity index (χ0v) is 13.7. The Balaban J connectivity index is 1.50. The molecule has 0 aliphatic carbocycles. The van der Waals surface area contributed by atoms with E-state index in [1.165, 1.54) is 12.8 Å². The Hall–Kier alpha value is -2.08. The molecule has 6 nitrogen and oxygen atoms in total.